The van der Waals surface area contributed by atoms with E-state index in [-0.39, 0.29) is 17.9 Å². The van der Waals surface area contributed by atoms with E-state index in [9.17, 15) is 4.79 Å². The van der Waals surface area contributed by atoms with Gasteiger partial charge in [0.1, 0.15) is 0 Å². The van der Waals surface area contributed by atoms with Crippen molar-refractivity contribution in [3.8, 4) is 23.0 Å². The van der Waals surface area contributed by atoms with Gasteiger partial charge in [-0.05, 0) is 61.8 Å². The highest BCUT2D eigenvalue weighted by Crippen LogP contribution is 2.52. The normalized spacial score (nSPS) is 24.0. The largest absolute Gasteiger partial charge is 0.369 e. The van der Waals surface area contributed by atoms with E-state index in [0.717, 1.165) is 60.8 Å². The number of guanidine groups is 1. The summed E-state index contributed by atoms with van der Waals surface area (Å²) in [5.74, 6) is 6.68. The van der Waals surface area contributed by atoms with Crippen molar-refractivity contribution in [3.05, 3.63) is 53.9 Å². The zero-order valence-electron chi connectivity index (χ0n) is 18.0. The summed E-state index contributed by atoms with van der Waals surface area (Å²) in [6.07, 6.45) is 11.2. The van der Waals surface area contributed by atoms with Crippen LogP contribution in [-0.4, -0.2) is 27.8 Å². The lowest BCUT2D eigenvalue weighted by Crippen LogP contribution is -2.49. The molecule has 1 amide bonds. The highest BCUT2D eigenvalue weighted by Gasteiger charge is 2.59. The molecule has 0 radical (unpaired) electrons. The minimum Gasteiger partial charge on any atom is -0.369 e. The lowest BCUT2D eigenvalue weighted by Gasteiger charge is -2.33. The summed E-state index contributed by atoms with van der Waals surface area (Å²) in [7, 11) is 0. The van der Waals surface area contributed by atoms with Gasteiger partial charge >= 0.3 is 0 Å². The first-order valence-corrected chi connectivity index (χ1v) is 11.3. The van der Waals surface area contributed by atoms with Crippen LogP contribution in [0.3, 0.4) is 0 Å². The number of benzene rings is 1. The molecule has 2 aromatic rings. The Bertz CT molecular complexity index is 1100. The van der Waals surface area contributed by atoms with Gasteiger partial charge in [-0.2, -0.15) is 0 Å². The zero-order chi connectivity index (χ0) is 21.4. The standard InChI is InChI=1S/C26H28N4O/c1-2-7-18-14-20(17-28-16-18)19-8-6-9-22(15-19)26(21-12-13-21)24(31)30(25(27)29-26)23-10-4-3-5-11-23/h6,8-9,14-17,21,23H,3-5,10-13H2,1H3,(H2,27,29). The molecule has 3 aliphatic rings. The number of pyridine rings is 1. The van der Waals surface area contributed by atoms with Crippen LogP contribution in [0.25, 0.3) is 11.1 Å². The monoisotopic (exact) mass is 412 g/mol. The smallest absolute Gasteiger partial charge is 0.262 e. The van der Waals surface area contributed by atoms with Gasteiger partial charge in [0.25, 0.3) is 5.91 Å². The van der Waals surface area contributed by atoms with E-state index in [0.29, 0.717) is 5.96 Å². The van der Waals surface area contributed by atoms with Crippen molar-refractivity contribution in [2.24, 2.45) is 16.6 Å². The predicted octanol–water partition coefficient (Wildman–Crippen LogP) is 4.21. The number of rotatable bonds is 4. The lowest BCUT2D eigenvalue weighted by molar-refractivity contribution is -0.134. The molecule has 1 atom stereocenters. The van der Waals surface area contributed by atoms with Crippen LogP contribution in [-0.2, 0) is 10.3 Å². The van der Waals surface area contributed by atoms with Crippen LogP contribution >= 0.6 is 0 Å². The predicted molar refractivity (Wildman–Crippen MR) is 122 cm³/mol. The molecule has 1 aromatic heterocycles. The van der Waals surface area contributed by atoms with Gasteiger partial charge in [-0.1, -0.05) is 43.4 Å². The molecule has 5 nitrogen and oxygen atoms in total. The zero-order valence-corrected chi connectivity index (χ0v) is 18.0. The fourth-order valence-corrected chi connectivity index (χ4v) is 5.20. The maximum atomic E-state index is 13.9. The van der Waals surface area contributed by atoms with Crippen LogP contribution in [0.15, 0.2) is 47.7 Å². The van der Waals surface area contributed by atoms with Gasteiger partial charge < -0.3 is 5.73 Å². The Balaban J connectivity index is 1.55. The molecule has 1 aromatic carbocycles. The van der Waals surface area contributed by atoms with Gasteiger partial charge in [-0.15, -0.1) is 5.92 Å². The SMILES string of the molecule is CC#Cc1cncc(-c2cccc(C3(C4CC4)N=C(N)N(C4CCCCC4)C3=O)c2)c1. The minimum atomic E-state index is -0.883. The third-order valence-corrected chi connectivity index (χ3v) is 6.83. The van der Waals surface area contributed by atoms with Gasteiger partial charge in [-0.3, -0.25) is 14.7 Å². The molecule has 5 heteroatoms. The molecule has 2 fully saturated rings. The van der Waals surface area contributed by atoms with Gasteiger partial charge in [-0.25, -0.2) is 4.99 Å². The van der Waals surface area contributed by atoms with Crippen molar-refractivity contribution in [2.75, 3.05) is 0 Å². The summed E-state index contributed by atoms with van der Waals surface area (Å²) < 4.78 is 0. The number of hydrogen-bond acceptors (Lipinski definition) is 4. The molecule has 2 N–H and O–H groups in total. The van der Waals surface area contributed by atoms with Crippen LogP contribution in [0.2, 0.25) is 0 Å². The number of hydrogen-bond donors (Lipinski definition) is 1. The van der Waals surface area contributed by atoms with Gasteiger partial charge in [0, 0.05) is 29.6 Å². The molecule has 158 valence electrons. The van der Waals surface area contributed by atoms with Crippen molar-refractivity contribution in [1.29, 1.82) is 0 Å². The maximum absolute atomic E-state index is 13.9. The van der Waals surface area contributed by atoms with Gasteiger partial charge in [0.05, 0.1) is 0 Å². The average Bonchev–Trinajstić information content (AvgIpc) is 3.61. The average molecular weight is 413 g/mol. The van der Waals surface area contributed by atoms with E-state index >= 15 is 0 Å². The number of nitrogens with two attached hydrogens (primary N) is 1. The molecule has 2 aliphatic carbocycles. The number of nitrogens with zero attached hydrogens (tertiary/aromatic N) is 3. The molecular weight excluding hydrogens is 384 g/mol. The Morgan fingerprint density at radius 1 is 1.06 bits per heavy atom. The quantitative estimate of drug-likeness (QED) is 0.765. The second-order valence-corrected chi connectivity index (χ2v) is 8.90. The van der Waals surface area contributed by atoms with Crippen LogP contribution < -0.4 is 5.73 Å². The van der Waals surface area contributed by atoms with E-state index in [4.69, 9.17) is 10.7 Å². The van der Waals surface area contributed by atoms with Crippen LogP contribution in [0.4, 0.5) is 0 Å². The van der Waals surface area contributed by atoms with Crippen molar-refractivity contribution in [1.82, 2.24) is 9.88 Å². The Morgan fingerprint density at radius 3 is 2.61 bits per heavy atom. The fraction of sp³-hybridized carbons (Fsp3) is 0.423. The first-order valence-electron chi connectivity index (χ1n) is 11.3. The topological polar surface area (TPSA) is 71.6 Å². The van der Waals surface area contributed by atoms with E-state index in [1.54, 1.807) is 6.20 Å². The molecule has 31 heavy (non-hydrogen) atoms. The van der Waals surface area contributed by atoms with Gasteiger partial charge in [0.2, 0.25) is 0 Å². The second kappa shape index (κ2) is 7.85. The van der Waals surface area contributed by atoms with Crippen LogP contribution in [0, 0.1) is 17.8 Å². The molecular formula is C26H28N4O. The molecule has 0 saturated heterocycles. The summed E-state index contributed by atoms with van der Waals surface area (Å²) >= 11 is 0. The Labute approximate surface area is 183 Å². The number of amides is 1. The first-order chi connectivity index (χ1) is 15.1. The number of aliphatic imine (C=N–C) groups is 1. The number of carbonyl (C=O) groups excluding carboxylic acids is 1. The van der Waals surface area contributed by atoms with Gasteiger partial charge in [0.15, 0.2) is 11.5 Å². The fourth-order valence-electron chi connectivity index (χ4n) is 5.20. The molecule has 5 rings (SSSR count). The highest BCUT2D eigenvalue weighted by atomic mass is 16.2. The summed E-state index contributed by atoms with van der Waals surface area (Å²) in [5.41, 5.74) is 9.35. The summed E-state index contributed by atoms with van der Waals surface area (Å²) in [6, 6.07) is 10.4. The molecule has 1 aliphatic heterocycles. The van der Waals surface area contributed by atoms with Crippen LogP contribution in [0.5, 0.6) is 0 Å². The maximum Gasteiger partial charge on any atom is 0.262 e. The molecule has 0 spiro atoms. The highest BCUT2D eigenvalue weighted by molar-refractivity contribution is 6.08. The lowest BCUT2D eigenvalue weighted by atomic mass is 9.83. The van der Waals surface area contributed by atoms with E-state index in [1.165, 1.54) is 6.42 Å². The van der Waals surface area contributed by atoms with Crippen molar-refractivity contribution >= 4 is 11.9 Å². The molecule has 2 heterocycles. The summed E-state index contributed by atoms with van der Waals surface area (Å²) in [4.78, 5) is 25.0. The Morgan fingerprint density at radius 2 is 1.87 bits per heavy atom. The molecule has 2 saturated carbocycles. The Hall–Kier alpha value is -3.13. The minimum absolute atomic E-state index is 0.0697. The Kier molecular flexibility index (Phi) is 5.02. The van der Waals surface area contributed by atoms with Crippen molar-refractivity contribution in [2.45, 2.75) is 63.5 Å². The van der Waals surface area contributed by atoms with Crippen LogP contribution in [0.1, 0.15) is 63.0 Å². The van der Waals surface area contributed by atoms with E-state index in [1.807, 2.05) is 36.2 Å². The first kappa shape index (κ1) is 19.8. The number of aromatic nitrogens is 1. The number of carbonyl (C=O) groups is 1. The molecule has 0 bridgehead atoms. The summed E-state index contributed by atoms with van der Waals surface area (Å²) in [5, 5.41) is 0. The third kappa shape index (κ3) is 3.40. The van der Waals surface area contributed by atoms with E-state index in [2.05, 4.69) is 29.0 Å². The molecule has 1 unspecified atom stereocenters. The van der Waals surface area contributed by atoms with E-state index < -0.39 is 5.54 Å². The summed E-state index contributed by atoms with van der Waals surface area (Å²) in [6.45, 7) is 1.82. The van der Waals surface area contributed by atoms with Crippen molar-refractivity contribution < 1.29 is 4.79 Å². The van der Waals surface area contributed by atoms with Crippen molar-refractivity contribution in [3.63, 3.8) is 0 Å². The third-order valence-electron chi connectivity index (χ3n) is 6.83. The second-order valence-electron chi connectivity index (χ2n) is 8.90.